The van der Waals surface area contributed by atoms with Crippen molar-refractivity contribution in [3.63, 3.8) is 0 Å². The van der Waals surface area contributed by atoms with E-state index in [-0.39, 0.29) is 31.8 Å². The van der Waals surface area contributed by atoms with Crippen LogP contribution < -0.4 is 11.2 Å². The monoisotopic (exact) mass is 548 g/mol. The summed E-state index contributed by atoms with van der Waals surface area (Å²) in [5.41, 5.74) is -3.24. The number of nitrogens with zero attached hydrogens (tertiary/aromatic N) is 1. The first kappa shape index (κ1) is 28.7. The van der Waals surface area contributed by atoms with Gasteiger partial charge in [-0.15, -0.1) is 0 Å². The van der Waals surface area contributed by atoms with E-state index in [0.29, 0.717) is 0 Å². The molecule has 1 unspecified atom stereocenters. The highest BCUT2D eigenvalue weighted by Gasteiger charge is 2.54. The van der Waals surface area contributed by atoms with Gasteiger partial charge in [0.1, 0.15) is 25.0 Å². The van der Waals surface area contributed by atoms with Crippen LogP contribution in [0, 0.1) is 12.3 Å². The van der Waals surface area contributed by atoms with E-state index in [1.165, 1.54) is 31.5 Å². The number of fused-ring (bicyclic) bond motifs is 1. The summed E-state index contributed by atoms with van der Waals surface area (Å²) >= 11 is 0. The van der Waals surface area contributed by atoms with Crippen LogP contribution in [0.4, 0.5) is 0 Å². The number of ether oxygens (including phenoxy) is 4. The van der Waals surface area contributed by atoms with E-state index in [1.807, 2.05) is 0 Å². The van der Waals surface area contributed by atoms with E-state index in [4.69, 9.17) is 32.5 Å². The van der Waals surface area contributed by atoms with Crippen LogP contribution in [-0.2, 0) is 51.5 Å². The van der Waals surface area contributed by atoms with Gasteiger partial charge in [0.2, 0.25) is 5.41 Å². The second-order valence-corrected chi connectivity index (χ2v) is 9.93. The standard InChI is InChI=1S/C21H29N2O13P/c1-5-30-18(26)21(10-32-13(4)24,19(27)31-6-2)11-34-37(29)33-9-15-14(36-37)7-16(35-15)23-8-12(3)17(25)22-20(23)28/h8,14-16H,5-7,9-11H2,1-4H3,(H,22,25,28)/t14-,15+,16+,37?/m0/s1. The summed E-state index contributed by atoms with van der Waals surface area (Å²) in [6.07, 6.45) is -1.04. The maximum atomic E-state index is 13.3. The molecule has 1 aromatic heterocycles. The Morgan fingerprint density at radius 2 is 1.76 bits per heavy atom. The molecule has 37 heavy (non-hydrogen) atoms. The third kappa shape index (κ3) is 6.36. The van der Waals surface area contributed by atoms with Gasteiger partial charge in [0, 0.05) is 25.1 Å². The van der Waals surface area contributed by atoms with E-state index in [1.54, 1.807) is 0 Å². The Hall–Kier alpha value is -2.84. The molecule has 0 radical (unpaired) electrons. The number of carbonyl (C=O) groups is 3. The third-order valence-electron chi connectivity index (χ3n) is 5.62. The fourth-order valence-corrected chi connectivity index (χ4v) is 5.13. The molecule has 0 aromatic carbocycles. The predicted molar refractivity (Wildman–Crippen MR) is 121 cm³/mol. The molecule has 15 nitrogen and oxygen atoms in total. The molecule has 0 spiro atoms. The maximum absolute atomic E-state index is 13.3. The molecule has 2 fully saturated rings. The van der Waals surface area contributed by atoms with Crippen LogP contribution in [0.2, 0.25) is 0 Å². The minimum Gasteiger partial charge on any atom is -0.465 e. The summed E-state index contributed by atoms with van der Waals surface area (Å²) in [7, 11) is -4.37. The van der Waals surface area contributed by atoms with Crippen molar-refractivity contribution in [1.82, 2.24) is 9.55 Å². The van der Waals surface area contributed by atoms with Crippen molar-refractivity contribution in [2.75, 3.05) is 33.0 Å². The SMILES string of the molecule is CCOC(=O)C(COC(C)=O)(COP1(=O)OC[C@H]2O[C@@H](n3cc(C)c(=O)[nH]c3=O)C[C@@H]2O1)C(=O)OCC. The summed E-state index contributed by atoms with van der Waals surface area (Å²) in [5.74, 6) is -3.03. The van der Waals surface area contributed by atoms with E-state index < -0.39 is 74.0 Å². The zero-order valence-corrected chi connectivity index (χ0v) is 21.6. The Bertz CT molecular complexity index is 1170. The number of H-pyrrole nitrogens is 1. The van der Waals surface area contributed by atoms with Gasteiger partial charge in [0.25, 0.3) is 5.56 Å². The lowest BCUT2D eigenvalue weighted by Crippen LogP contribution is -2.49. The lowest BCUT2D eigenvalue weighted by molar-refractivity contribution is -0.181. The average molecular weight is 548 g/mol. The van der Waals surface area contributed by atoms with Crippen molar-refractivity contribution in [2.24, 2.45) is 5.41 Å². The molecule has 0 saturated carbocycles. The number of phosphoric acid groups is 1. The highest BCUT2D eigenvalue weighted by atomic mass is 31.2. The number of aromatic nitrogens is 2. The van der Waals surface area contributed by atoms with E-state index in [0.717, 1.165) is 6.92 Å². The first-order valence-electron chi connectivity index (χ1n) is 11.5. The zero-order chi connectivity index (χ0) is 27.4. The Balaban J connectivity index is 1.78. The lowest BCUT2D eigenvalue weighted by Gasteiger charge is -2.33. The van der Waals surface area contributed by atoms with Crippen LogP contribution in [0.5, 0.6) is 0 Å². The fourth-order valence-electron chi connectivity index (χ4n) is 3.67. The topological polar surface area (TPSA) is 188 Å². The molecular weight excluding hydrogens is 519 g/mol. The van der Waals surface area contributed by atoms with Crippen molar-refractivity contribution in [3.05, 3.63) is 32.6 Å². The summed E-state index contributed by atoms with van der Waals surface area (Å²) in [6, 6.07) is 0. The fraction of sp³-hybridized carbons (Fsp3) is 0.667. The first-order valence-corrected chi connectivity index (χ1v) is 12.9. The van der Waals surface area contributed by atoms with Gasteiger partial charge in [-0.3, -0.25) is 42.3 Å². The largest absolute Gasteiger partial charge is 0.475 e. The second kappa shape index (κ2) is 11.7. The highest BCUT2D eigenvalue weighted by Crippen LogP contribution is 2.57. The third-order valence-corrected chi connectivity index (χ3v) is 7.06. The number of aryl methyl sites for hydroxylation is 1. The van der Waals surface area contributed by atoms with E-state index in [9.17, 15) is 28.5 Å². The van der Waals surface area contributed by atoms with Gasteiger partial charge in [0.05, 0.1) is 26.4 Å². The smallest absolute Gasteiger partial charge is 0.465 e. The Morgan fingerprint density at radius 3 is 2.35 bits per heavy atom. The van der Waals surface area contributed by atoms with Crippen LogP contribution >= 0.6 is 7.82 Å². The normalized spacial score (nSPS) is 25.2. The molecule has 1 aromatic rings. The molecule has 16 heteroatoms. The number of aromatic amines is 1. The second-order valence-electron chi connectivity index (χ2n) is 8.31. The van der Waals surface area contributed by atoms with Gasteiger partial charge in [-0.25, -0.2) is 9.36 Å². The molecule has 0 bridgehead atoms. The number of esters is 3. The number of rotatable bonds is 10. The average Bonchev–Trinajstić information content (AvgIpc) is 3.24. The van der Waals surface area contributed by atoms with Gasteiger partial charge in [-0.2, -0.15) is 0 Å². The number of hydrogen-bond donors (Lipinski definition) is 1. The molecule has 2 saturated heterocycles. The highest BCUT2D eigenvalue weighted by molar-refractivity contribution is 7.48. The minimum absolute atomic E-state index is 0.0567. The minimum atomic E-state index is -4.37. The molecular formula is C21H29N2O13P. The summed E-state index contributed by atoms with van der Waals surface area (Å²) in [4.78, 5) is 63.1. The summed E-state index contributed by atoms with van der Waals surface area (Å²) < 4.78 is 51.3. The molecule has 4 atom stereocenters. The molecule has 3 heterocycles. The van der Waals surface area contributed by atoms with Crippen LogP contribution in [-0.4, -0.2) is 72.7 Å². The van der Waals surface area contributed by atoms with Crippen LogP contribution in [0.3, 0.4) is 0 Å². The summed E-state index contributed by atoms with van der Waals surface area (Å²) in [6.45, 7) is 3.40. The predicted octanol–water partition coefficient (Wildman–Crippen LogP) is 0.348. The molecule has 3 rings (SSSR count). The quantitative estimate of drug-likeness (QED) is 0.183. The number of carbonyl (C=O) groups excluding carboxylic acids is 3. The molecule has 206 valence electrons. The van der Waals surface area contributed by atoms with Crippen molar-refractivity contribution < 1.29 is 51.5 Å². The van der Waals surface area contributed by atoms with Crippen LogP contribution in [0.15, 0.2) is 15.8 Å². The Labute approximate surface area is 210 Å². The molecule has 2 aliphatic rings. The van der Waals surface area contributed by atoms with Gasteiger partial charge in [-0.05, 0) is 20.8 Å². The zero-order valence-electron chi connectivity index (χ0n) is 20.8. The van der Waals surface area contributed by atoms with Crippen LogP contribution in [0.1, 0.15) is 39.0 Å². The van der Waals surface area contributed by atoms with Crippen molar-refractivity contribution in [2.45, 2.75) is 52.6 Å². The van der Waals surface area contributed by atoms with Gasteiger partial charge in [0.15, 0.2) is 0 Å². The van der Waals surface area contributed by atoms with Crippen molar-refractivity contribution in [1.29, 1.82) is 0 Å². The van der Waals surface area contributed by atoms with Gasteiger partial charge < -0.3 is 18.9 Å². The number of hydrogen-bond acceptors (Lipinski definition) is 13. The Morgan fingerprint density at radius 1 is 1.11 bits per heavy atom. The van der Waals surface area contributed by atoms with Crippen molar-refractivity contribution in [3.8, 4) is 0 Å². The molecule has 0 aliphatic carbocycles. The molecule has 2 aliphatic heterocycles. The molecule has 0 amide bonds. The van der Waals surface area contributed by atoms with Gasteiger partial charge >= 0.3 is 31.4 Å². The molecule has 1 N–H and O–H groups in total. The van der Waals surface area contributed by atoms with E-state index >= 15 is 0 Å². The lowest BCUT2D eigenvalue weighted by atomic mass is 9.90. The van der Waals surface area contributed by atoms with Crippen LogP contribution in [0.25, 0.3) is 0 Å². The van der Waals surface area contributed by atoms with E-state index in [2.05, 4.69) is 4.98 Å². The van der Waals surface area contributed by atoms with Crippen molar-refractivity contribution >= 4 is 25.7 Å². The Kier molecular flexibility index (Phi) is 9.08. The number of nitrogens with one attached hydrogen (secondary N) is 1. The number of phosphoric ester groups is 1. The maximum Gasteiger partial charge on any atom is 0.475 e. The summed E-state index contributed by atoms with van der Waals surface area (Å²) in [5, 5.41) is 0. The first-order chi connectivity index (χ1) is 17.4. The van der Waals surface area contributed by atoms with Gasteiger partial charge in [-0.1, -0.05) is 0 Å².